The minimum Gasteiger partial charge on any atom is -0.497 e. The third-order valence-electron chi connectivity index (χ3n) is 5.36. The third kappa shape index (κ3) is 4.65. The van der Waals surface area contributed by atoms with E-state index in [1.54, 1.807) is 30.3 Å². The number of amides is 1. The summed E-state index contributed by atoms with van der Waals surface area (Å²) >= 11 is 6.68. The summed E-state index contributed by atoms with van der Waals surface area (Å²) < 4.78 is 7.18. The fraction of sp³-hybridized carbons (Fsp3) is 0.250. The van der Waals surface area contributed by atoms with Gasteiger partial charge in [-0.3, -0.25) is 18.9 Å². The number of nitrogens with one attached hydrogen (secondary N) is 1. The first-order valence-corrected chi connectivity index (χ1v) is 11.8. The largest absolute Gasteiger partial charge is 0.497 e. The molecule has 2 aromatic heterocycles. The second-order valence-electron chi connectivity index (χ2n) is 7.53. The number of methoxy groups -OCH3 is 1. The van der Waals surface area contributed by atoms with Crippen LogP contribution in [0.4, 0.5) is 5.82 Å². The molecule has 1 saturated heterocycles. The molecule has 1 aliphatic heterocycles. The molecule has 0 unspecified atom stereocenters. The number of carbonyl (C=O) groups excluding carboxylic acids is 1. The Bertz CT molecular complexity index is 1320. The molecule has 33 heavy (non-hydrogen) atoms. The van der Waals surface area contributed by atoms with Gasteiger partial charge in [-0.25, -0.2) is 4.98 Å². The van der Waals surface area contributed by atoms with Crippen LogP contribution in [-0.4, -0.2) is 44.7 Å². The lowest BCUT2D eigenvalue weighted by Gasteiger charge is -2.14. The number of carbonyl (C=O) groups is 1. The molecule has 3 aromatic rings. The van der Waals surface area contributed by atoms with Crippen molar-refractivity contribution in [2.45, 2.75) is 20.3 Å². The fourth-order valence-corrected chi connectivity index (χ4v) is 4.89. The first kappa shape index (κ1) is 23.0. The Morgan fingerprint density at radius 1 is 1.21 bits per heavy atom. The molecule has 0 radical (unpaired) electrons. The molecule has 3 heterocycles. The fourth-order valence-electron chi connectivity index (χ4n) is 3.60. The van der Waals surface area contributed by atoms with E-state index in [9.17, 15) is 9.59 Å². The van der Waals surface area contributed by atoms with Crippen LogP contribution >= 0.6 is 24.0 Å². The molecular weight excluding hydrogens is 456 g/mol. The number of pyridine rings is 1. The lowest BCUT2D eigenvalue weighted by atomic mass is 10.1. The molecule has 1 fully saturated rings. The number of aromatic nitrogens is 2. The Labute approximate surface area is 201 Å². The number of thiocarbonyl (C=S) groups is 1. The van der Waals surface area contributed by atoms with E-state index in [1.807, 2.05) is 44.2 Å². The highest BCUT2D eigenvalue weighted by Gasteiger charge is 2.32. The summed E-state index contributed by atoms with van der Waals surface area (Å²) in [4.78, 5) is 33.0. The average Bonchev–Trinajstić information content (AvgIpc) is 3.08. The van der Waals surface area contributed by atoms with E-state index in [0.29, 0.717) is 45.8 Å². The van der Waals surface area contributed by atoms with E-state index in [0.717, 1.165) is 16.9 Å². The molecule has 0 aliphatic carbocycles. The van der Waals surface area contributed by atoms with Crippen molar-refractivity contribution in [3.05, 3.63) is 74.5 Å². The summed E-state index contributed by atoms with van der Waals surface area (Å²) in [5.41, 5.74) is 2.67. The number of rotatable bonds is 7. The van der Waals surface area contributed by atoms with Crippen LogP contribution in [-0.2, 0) is 11.2 Å². The molecule has 1 N–H and O–H groups in total. The lowest BCUT2D eigenvalue weighted by Crippen LogP contribution is -2.30. The van der Waals surface area contributed by atoms with Gasteiger partial charge in [-0.15, -0.1) is 0 Å². The van der Waals surface area contributed by atoms with Gasteiger partial charge in [0.15, 0.2) is 0 Å². The Kier molecular flexibility index (Phi) is 6.80. The number of benzene rings is 1. The van der Waals surface area contributed by atoms with Crippen LogP contribution in [0, 0.1) is 6.92 Å². The highest BCUT2D eigenvalue weighted by molar-refractivity contribution is 8.26. The Morgan fingerprint density at radius 2 is 1.97 bits per heavy atom. The van der Waals surface area contributed by atoms with Crippen LogP contribution in [0.5, 0.6) is 5.75 Å². The number of nitrogens with zero attached hydrogens (tertiary/aromatic N) is 3. The van der Waals surface area contributed by atoms with Crippen molar-refractivity contribution in [2.75, 3.05) is 25.5 Å². The topological polar surface area (TPSA) is 75.9 Å². The maximum Gasteiger partial charge on any atom is 0.267 e. The molecule has 1 aliphatic rings. The van der Waals surface area contributed by atoms with Crippen molar-refractivity contribution in [1.29, 1.82) is 0 Å². The predicted octanol–water partition coefficient (Wildman–Crippen LogP) is 3.89. The number of hydrogen-bond donors (Lipinski definition) is 1. The number of ether oxygens (including phenoxy) is 1. The van der Waals surface area contributed by atoms with E-state index >= 15 is 0 Å². The normalized spacial score (nSPS) is 15.0. The standard InChI is InChI=1S/C24H24N4O3S2/c1-4-25-20-18(22(29)27-12-5-6-15(2)21(27)26-20)14-19-23(30)28(24(32)33-19)13-11-16-7-9-17(31-3)10-8-16/h5-10,12,14,25H,4,11,13H2,1-3H3/b19-14-. The van der Waals surface area contributed by atoms with Crippen LogP contribution in [0.25, 0.3) is 11.7 Å². The number of fused-ring (bicyclic) bond motifs is 1. The molecule has 170 valence electrons. The zero-order valence-corrected chi connectivity index (χ0v) is 20.3. The summed E-state index contributed by atoms with van der Waals surface area (Å²) in [6.07, 6.45) is 3.95. The van der Waals surface area contributed by atoms with Gasteiger partial charge in [0.25, 0.3) is 11.5 Å². The minimum atomic E-state index is -0.233. The van der Waals surface area contributed by atoms with Crippen molar-refractivity contribution in [3.63, 3.8) is 0 Å². The second kappa shape index (κ2) is 9.76. The smallest absolute Gasteiger partial charge is 0.267 e. The molecule has 1 aromatic carbocycles. The van der Waals surface area contributed by atoms with Gasteiger partial charge in [-0.05, 0) is 55.7 Å². The van der Waals surface area contributed by atoms with Gasteiger partial charge in [0.2, 0.25) is 0 Å². The summed E-state index contributed by atoms with van der Waals surface area (Å²) in [6, 6.07) is 11.4. The van der Waals surface area contributed by atoms with Crippen LogP contribution in [0.2, 0.25) is 0 Å². The van der Waals surface area contributed by atoms with Crippen molar-refractivity contribution in [1.82, 2.24) is 14.3 Å². The minimum absolute atomic E-state index is 0.199. The van der Waals surface area contributed by atoms with E-state index < -0.39 is 0 Å². The highest BCUT2D eigenvalue weighted by Crippen LogP contribution is 2.33. The zero-order valence-electron chi connectivity index (χ0n) is 18.6. The van der Waals surface area contributed by atoms with E-state index in [2.05, 4.69) is 10.3 Å². The quantitative estimate of drug-likeness (QED) is 0.406. The van der Waals surface area contributed by atoms with Crippen LogP contribution < -0.4 is 15.6 Å². The molecule has 0 saturated carbocycles. The Hall–Kier alpha value is -3.17. The first-order valence-electron chi connectivity index (χ1n) is 10.6. The van der Waals surface area contributed by atoms with Crippen molar-refractivity contribution in [2.24, 2.45) is 0 Å². The average molecular weight is 481 g/mol. The number of thioether (sulfide) groups is 1. The van der Waals surface area contributed by atoms with Gasteiger partial charge in [-0.2, -0.15) is 0 Å². The SMILES string of the molecule is CCNc1nc2c(C)cccn2c(=O)c1/C=C1\SC(=S)N(CCc2ccc(OC)cc2)C1=O. The van der Waals surface area contributed by atoms with Gasteiger partial charge in [0.05, 0.1) is 17.6 Å². The van der Waals surface area contributed by atoms with Crippen LogP contribution in [0.1, 0.15) is 23.6 Å². The van der Waals surface area contributed by atoms with Crippen molar-refractivity contribution in [3.8, 4) is 5.75 Å². The van der Waals surface area contributed by atoms with E-state index in [1.165, 1.54) is 16.2 Å². The van der Waals surface area contributed by atoms with Gasteiger partial charge in [0, 0.05) is 19.3 Å². The van der Waals surface area contributed by atoms with E-state index in [4.69, 9.17) is 17.0 Å². The van der Waals surface area contributed by atoms with Crippen LogP contribution in [0.3, 0.4) is 0 Å². The zero-order chi connectivity index (χ0) is 23.5. The lowest BCUT2D eigenvalue weighted by molar-refractivity contribution is -0.122. The molecule has 0 atom stereocenters. The maximum atomic E-state index is 13.3. The van der Waals surface area contributed by atoms with Crippen molar-refractivity contribution < 1.29 is 9.53 Å². The van der Waals surface area contributed by atoms with Gasteiger partial charge in [-0.1, -0.05) is 42.2 Å². The summed E-state index contributed by atoms with van der Waals surface area (Å²) in [7, 11) is 1.63. The number of anilines is 1. The molecule has 4 rings (SSSR count). The third-order valence-corrected chi connectivity index (χ3v) is 6.74. The summed E-state index contributed by atoms with van der Waals surface area (Å²) in [5.74, 6) is 1.05. The first-order chi connectivity index (χ1) is 15.9. The molecule has 9 heteroatoms. The molecule has 0 bridgehead atoms. The van der Waals surface area contributed by atoms with Gasteiger partial charge in [0.1, 0.15) is 21.5 Å². The molecule has 7 nitrogen and oxygen atoms in total. The number of hydrogen-bond acceptors (Lipinski definition) is 7. The summed E-state index contributed by atoms with van der Waals surface area (Å²) in [6.45, 7) is 4.90. The second-order valence-corrected chi connectivity index (χ2v) is 9.20. The van der Waals surface area contributed by atoms with Gasteiger partial charge < -0.3 is 10.1 Å². The molecule has 0 spiro atoms. The molecular formula is C24H24N4O3S2. The maximum absolute atomic E-state index is 13.3. The highest BCUT2D eigenvalue weighted by atomic mass is 32.2. The van der Waals surface area contributed by atoms with Gasteiger partial charge >= 0.3 is 0 Å². The molecule has 1 amide bonds. The van der Waals surface area contributed by atoms with Crippen LogP contribution in [0.15, 0.2) is 52.3 Å². The predicted molar refractivity (Wildman–Crippen MR) is 137 cm³/mol. The Morgan fingerprint density at radius 3 is 2.67 bits per heavy atom. The van der Waals surface area contributed by atoms with E-state index in [-0.39, 0.29) is 11.5 Å². The monoisotopic (exact) mass is 480 g/mol. The Balaban J connectivity index is 1.63. The van der Waals surface area contributed by atoms with Crippen molar-refractivity contribution >= 4 is 51.7 Å². The summed E-state index contributed by atoms with van der Waals surface area (Å²) in [5, 5.41) is 3.16. The number of aryl methyl sites for hydroxylation is 1.